The van der Waals surface area contributed by atoms with Crippen LogP contribution >= 0.6 is 0 Å². The van der Waals surface area contributed by atoms with Crippen molar-refractivity contribution in [2.45, 2.75) is 25.7 Å². The van der Waals surface area contributed by atoms with Gasteiger partial charge in [-0.2, -0.15) is 0 Å². The molecule has 0 saturated carbocycles. The highest BCUT2D eigenvalue weighted by Gasteiger charge is 2.25. The van der Waals surface area contributed by atoms with E-state index in [9.17, 15) is 14.0 Å². The van der Waals surface area contributed by atoms with Crippen LogP contribution in [0.2, 0.25) is 0 Å². The molecule has 1 aliphatic heterocycles. The number of hydrogen-bond donors (Lipinski definition) is 4. The Balaban J connectivity index is 0.000000170. The van der Waals surface area contributed by atoms with E-state index in [1.165, 1.54) is 53.2 Å². The average Bonchev–Trinajstić information content (AvgIpc) is 3.62. The number of hydrazine groups is 1. The molecule has 1 amide bonds. The molecule has 0 spiro atoms. The van der Waals surface area contributed by atoms with Crippen molar-refractivity contribution in [1.82, 2.24) is 19.9 Å². The number of likely N-dealkylation sites (tertiary alicyclic amines) is 1. The van der Waals surface area contributed by atoms with Crippen LogP contribution < -0.4 is 16.6 Å². The number of rotatable bonds is 6. The number of para-hydroxylation sites is 1. The Hall–Kier alpha value is -4.96. The number of hydrogen-bond acceptors (Lipinski definition) is 6. The predicted octanol–water partition coefficient (Wildman–Crippen LogP) is 5.19. The second-order valence-electron chi connectivity index (χ2n) is 9.93. The van der Waals surface area contributed by atoms with Gasteiger partial charge in [-0.25, -0.2) is 15.2 Å². The first-order valence-electron chi connectivity index (χ1n) is 13.4. The van der Waals surface area contributed by atoms with Gasteiger partial charge in [0.15, 0.2) is 17.4 Å². The summed E-state index contributed by atoms with van der Waals surface area (Å²) in [6.45, 7) is 3.06. The molecule has 5 aromatic rings. The highest BCUT2D eigenvalue weighted by molar-refractivity contribution is 6.09. The van der Waals surface area contributed by atoms with Gasteiger partial charge in [-0.15, -0.1) is 0 Å². The largest absolute Gasteiger partial charge is 0.403 e. The summed E-state index contributed by atoms with van der Waals surface area (Å²) in [6.07, 6.45) is 8.08. The maximum atomic E-state index is 13.7. The first kappa shape index (κ1) is 27.6. The Kier molecular flexibility index (Phi) is 8.11. The number of halogens is 1. The summed E-state index contributed by atoms with van der Waals surface area (Å²) in [5, 5.41) is 2.63. The predicted molar refractivity (Wildman–Crippen MR) is 159 cm³/mol. The molecule has 2 aromatic carbocycles. The van der Waals surface area contributed by atoms with Gasteiger partial charge in [0, 0.05) is 53.8 Å². The number of aromatic nitrogens is 3. The number of piperidine rings is 1. The number of anilines is 1. The summed E-state index contributed by atoms with van der Waals surface area (Å²) < 4.78 is 13.7. The minimum atomic E-state index is -0.578. The number of Topliss-reactive ketones (excluding diaryl/α,β-unsaturated/α-hetero) is 1. The number of ketones is 1. The first-order valence-corrected chi connectivity index (χ1v) is 13.4. The van der Waals surface area contributed by atoms with Gasteiger partial charge in [0.2, 0.25) is 6.41 Å². The number of nitrogens with zero attached hydrogens (tertiary/aromatic N) is 3. The lowest BCUT2D eigenvalue weighted by Gasteiger charge is -2.29. The third-order valence-electron chi connectivity index (χ3n) is 7.41. The number of pyridine rings is 1. The fourth-order valence-corrected chi connectivity index (χ4v) is 5.45. The fraction of sp³-hybridized carbons (Fsp3) is 0.194. The lowest BCUT2D eigenvalue weighted by atomic mass is 9.86. The smallest absolute Gasteiger partial charge is 0.209 e. The third kappa shape index (κ3) is 5.55. The number of carbonyl (C=O) groups is 2. The molecule has 0 aliphatic carbocycles. The molecule has 10 heteroatoms. The Labute approximate surface area is 236 Å². The Morgan fingerprint density at radius 1 is 1.12 bits per heavy atom. The molecule has 1 aliphatic rings. The van der Waals surface area contributed by atoms with E-state index in [4.69, 9.17) is 11.6 Å². The molecule has 6 rings (SSSR count). The number of benzene rings is 2. The zero-order chi connectivity index (χ0) is 28.9. The van der Waals surface area contributed by atoms with Crippen molar-refractivity contribution >= 4 is 39.8 Å². The second kappa shape index (κ2) is 12.1. The Morgan fingerprint density at radius 3 is 2.51 bits per heavy atom. The van der Waals surface area contributed by atoms with Gasteiger partial charge in [0.25, 0.3) is 0 Å². The van der Waals surface area contributed by atoms with Crippen molar-refractivity contribution in [3.63, 3.8) is 0 Å². The lowest BCUT2D eigenvalue weighted by Crippen LogP contribution is -2.31. The van der Waals surface area contributed by atoms with Crippen LogP contribution in [0.4, 0.5) is 10.2 Å². The molecule has 41 heavy (non-hydrogen) atoms. The molecule has 0 radical (unpaired) electrons. The highest BCUT2D eigenvalue weighted by Crippen LogP contribution is 2.40. The molecule has 0 atom stereocenters. The van der Waals surface area contributed by atoms with Crippen LogP contribution in [0, 0.1) is 5.82 Å². The van der Waals surface area contributed by atoms with E-state index in [1.807, 2.05) is 11.0 Å². The number of H-pyrrole nitrogens is 2. The van der Waals surface area contributed by atoms with Crippen LogP contribution in [0.1, 0.15) is 41.6 Å². The van der Waals surface area contributed by atoms with Crippen LogP contribution in [0.5, 0.6) is 0 Å². The van der Waals surface area contributed by atoms with E-state index >= 15 is 0 Å². The molecule has 0 bridgehead atoms. The molecule has 0 unspecified atom stereocenters. The normalized spacial score (nSPS) is 13.9. The standard InChI is InChI=1S/C20H20N2O.C11H12FN5O/c23-14-22-12-10-15(11-13-22)19-17-8-4-5-9-18(17)21-20(19)16-6-2-1-3-7-16;1-6(18)7-4-15-10-9(7)8(12)5-16-11(10)17(14)3-2-13/h1-9,14-15,21H,10-13H2;2-5,15H,13-14H2,1H3/b;3-2-. The Morgan fingerprint density at radius 2 is 1.83 bits per heavy atom. The highest BCUT2D eigenvalue weighted by atomic mass is 19.1. The van der Waals surface area contributed by atoms with E-state index in [-0.39, 0.29) is 22.6 Å². The van der Waals surface area contributed by atoms with E-state index in [1.54, 1.807) is 0 Å². The second-order valence-corrected chi connectivity index (χ2v) is 9.93. The van der Waals surface area contributed by atoms with Crippen molar-refractivity contribution in [1.29, 1.82) is 0 Å². The molecule has 6 N–H and O–H groups in total. The van der Waals surface area contributed by atoms with Crippen molar-refractivity contribution in [2.75, 3.05) is 18.1 Å². The van der Waals surface area contributed by atoms with Crippen LogP contribution in [0.25, 0.3) is 33.1 Å². The number of carbonyl (C=O) groups excluding carboxylic acids is 2. The monoisotopic (exact) mass is 553 g/mol. The molecular weight excluding hydrogens is 521 g/mol. The summed E-state index contributed by atoms with van der Waals surface area (Å²) in [7, 11) is 0. The van der Waals surface area contributed by atoms with E-state index in [0.29, 0.717) is 11.4 Å². The van der Waals surface area contributed by atoms with Gasteiger partial charge in [0.1, 0.15) is 0 Å². The number of fused-ring (bicyclic) bond motifs is 2. The number of nitrogens with two attached hydrogens (primary N) is 2. The third-order valence-corrected chi connectivity index (χ3v) is 7.41. The average molecular weight is 554 g/mol. The van der Waals surface area contributed by atoms with Gasteiger partial charge < -0.3 is 20.6 Å². The zero-order valence-corrected chi connectivity index (χ0v) is 22.7. The fourth-order valence-electron chi connectivity index (χ4n) is 5.45. The van der Waals surface area contributed by atoms with E-state index in [0.717, 1.165) is 43.5 Å². The molecule has 3 aromatic heterocycles. The van der Waals surface area contributed by atoms with E-state index in [2.05, 4.69) is 63.5 Å². The number of nitrogens with one attached hydrogen (secondary N) is 2. The molecule has 9 nitrogen and oxygen atoms in total. The molecular formula is C31H32FN7O2. The van der Waals surface area contributed by atoms with Crippen molar-refractivity contribution < 1.29 is 14.0 Å². The quantitative estimate of drug-likeness (QED) is 0.0989. The first-order chi connectivity index (χ1) is 19.9. The summed E-state index contributed by atoms with van der Waals surface area (Å²) in [6, 6.07) is 19.1. The summed E-state index contributed by atoms with van der Waals surface area (Å²) >= 11 is 0. The van der Waals surface area contributed by atoms with Crippen molar-refractivity contribution in [2.24, 2.45) is 11.6 Å². The molecule has 1 fully saturated rings. The van der Waals surface area contributed by atoms with Crippen LogP contribution in [0.15, 0.2) is 79.4 Å². The van der Waals surface area contributed by atoms with Crippen molar-refractivity contribution in [3.8, 4) is 11.3 Å². The number of aromatic amines is 2. The number of amides is 1. The van der Waals surface area contributed by atoms with Gasteiger partial charge in [-0.3, -0.25) is 14.6 Å². The minimum absolute atomic E-state index is 0.174. The van der Waals surface area contributed by atoms with Crippen molar-refractivity contribution in [3.05, 3.63) is 96.3 Å². The topological polar surface area (TPSA) is 137 Å². The van der Waals surface area contributed by atoms with Crippen LogP contribution in [-0.2, 0) is 4.79 Å². The Bertz CT molecular complexity index is 1700. The van der Waals surface area contributed by atoms with Gasteiger partial charge >= 0.3 is 0 Å². The minimum Gasteiger partial charge on any atom is -0.403 e. The summed E-state index contributed by atoms with van der Waals surface area (Å²) in [4.78, 5) is 34.5. The maximum absolute atomic E-state index is 13.7. The SMILES string of the molecule is CC(=O)c1c[nH]c2c(N(N)/C=C\N)ncc(F)c12.O=CN1CCC(c2c(-c3ccccc3)[nH]c3ccccc23)CC1. The zero-order valence-electron chi connectivity index (χ0n) is 22.7. The lowest BCUT2D eigenvalue weighted by molar-refractivity contribution is -0.119. The molecule has 4 heterocycles. The molecule has 1 saturated heterocycles. The van der Waals surface area contributed by atoms with E-state index < -0.39 is 5.82 Å². The summed E-state index contributed by atoms with van der Waals surface area (Å²) in [5.74, 6) is 5.64. The maximum Gasteiger partial charge on any atom is 0.209 e. The van der Waals surface area contributed by atoms with Gasteiger partial charge in [-0.05, 0) is 42.9 Å². The van der Waals surface area contributed by atoms with Gasteiger partial charge in [0.05, 0.1) is 17.1 Å². The van der Waals surface area contributed by atoms with Crippen LogP contribution in [0.3, 0.4) is 0 Å². The van der Waals surface area contributed by atoms with Crippen LogP contribution in [-0.4, -0.2) is 45.1 Å². The summed E-state index contributed by atoms with van der Waals surface area (Å²) in [5.41, 5.74) is 10.9. The van der Waals surface area contributed by atoms with Gasteiger partial charge in [-0.1, -0.05) is 48.5 Å². The molecule has 210 valence electrons.